The molecule has 1 aromatic carbocycles. The average Bonchev–Trinajstić information content (AvgIpc) is 3.05. The van der Waals surface area contributed by atoms with E-state index in [0.717, 1.165) is 49.4 Å². The summed E-state index contributed by atoms with van der Waals surface area (Å²) in [6.45, 7) is 5.38. The van der Waals surface area contributed by atoms with Gasteiger partial charge in [-0.3, -0.25) is 9.69 Å². The van der Waals surface area contributed by atoms with E-state index in [2.05, 4.69) is 17.1 Å². The van der Waals surface area contributed by atoms with Gasteiger partial charge in [0.2, 0.25) is 5.91 Å². The number of rotatable bonds is 6. The van der Waals surface area contributed by atoms with Crippen molar-refractivity contribution in [3.8, 4) is 0 Å². The Bertz CT molecular complexity index is 580. The summed E-state index contributed by atoms with van der Waals surface area (Å²) in [5.74, 6) is -0.290. The molecule has 1 aliphatic heterocycles. The number of halogens is 1. The SMILES string of the molecule is CCN(CC(=O)NC1CCC2(CC1)OCCO2)Cc1cccc(Cl)c1. The first-order valence-electron chi connectivity index (χ1n) is 9.13. The fourth-order valence-electron chi connectivity index (χ4n) is 3.64. The Morgan fingerprint density at radius 1 is 1.32 bits per heavy atom. The summed E-state index contributed by atoms with van der Waals surface area (Å²) < 4.78 is 11.5. The molecule has 138 valence electrons. The number of carbonyl (C=O) groups is 1. The highest BCUT2D eigenvalue weighted by Gasteiger charge is 2.40. The Morgan fingerprint density at radius 2 is 2.04 bits per heavy atom. The Kier molecular flexibility index (Phi) is 6.34. The summed E-state index contributed by atoms with van der Waals surface area (Å²) in [7, 11) is 0. The molecule has 2 fully saturated rings. The highest BCUT2D eigenvalue weighted by atomic mass is 35.5. The van der Waals surface area contributed by atoms with Gasteiger partial charge in [-0.05, 0) is 37.1 Å². The summed E-state index contributed by atoms with van der Waals surface area (Å²) in [6.07, 6.45) is 3.54. The maximum atomic E-state index is 12.4. The largest absolute Gasteiger partial charge is 0.352 e. The van der Waals surface area contributed by atoms with Crippen molar-refractivity contribution in [2.24, 2.45) is 0 Å². The maximum Gasteiger partial charge on any atom is 0.234 e. The molecule has 0 atom stereocenters. The topological polar surface area (TPSA) is 50.8 Å². The molecular formula is C19H27ClN2O3. The van der Waals surface area contributed by atoms with Crippen molar-refractivity contribution in [3.05, 3.63) is 34.9 Å². The van der Waals surface area contributed by atoms with E-state index in [1.807, 2.05) is 24.3 Å². The molecule has 1 aliphatic carbocycles. The Hall–Kier alpha value is -1.14. The molecule has 3 rings (SSSR count). The Morgan fingerprint density at radius 3 is 2.68 bits per heavy atom. The number of amides is 1. The summed E-state index contributed by atoms with van der Waals surface area (Å²) in [6, 6.07) is 8.01. The van der Waals surface area contributed by atoms with Gasteiger partial charge in [-0.2, -0.15) is 0 Å². The van der Waals surface area contributed by atoms with E-state index in [0.29, 0.717) is 19.8 Å². The molecule has 25 heavy (non-hydrogen) atoms. The second kappa shape index (κ2) is 8.49. The van der Waals surface area contributed by atoms with Crippen LogP contribution in [0.25, 0.3) is 0 Å². The molecule has 0 unspecified atom stereocenters. The molecule has 1 saturated carbocycles. The molecule has 1 saturated heterocycles. The quantitative estimate of drug-likeness (QED) is 0.841. The maximum absolute atomic E-state index is 12.4. The number of ether oxygens (including phenoxy) is 2. The van der Waals surface area contributed by atoms with Crippen molar-refractivity contribution in [2.75, 3.05) is 26.3 Å². The molecule has 0 bridgehead atoms. The van der Waals surface area contributed by atoms with Crippen LogP contribution >= 0.6 is 11.6 Å². The number of nitrogens with one attached hydrogen (secondary N) is 1. The minimum Gasteiger partial charge on any atom is -0.352 e. The van der Waals surface area contributed by atoms with E-state index in [1.165, 1.54) is 0 Å². The fraction of sp³-hybridized carbons (Fsp3) is 0.632. The van der Waals surface area contributed by atoms with E-state index in [-0.39, 0.29) is 17.7 Å². The molecule has 1 aromatic rings. The van der Waals surface area contributed by atoms with Gasteiger partial charge in [0.15, 0.2) is 5.79 Å². The third-order valence-corrected chi connectivity index (χ3v) is 5.27. The smallest absolute Gasteiger partial charge is 0.234 e. The second-order valence-corrected chi connectivity index (χ2v) is 7.32. The Balaban J connectivity index is 1.44. The monoisotopic (exact) mass is 366 g/mol. The van der Waals surface area contributed by atoms with Gasteiger partial charge >= 0.3 is 0 Å². The standard InChI is InChI=1S/C19H27ClN2O3/c1-2-22(13-15-4-3-5-16(20)12-15)14-18(23)21-17-6-8-19(9-7-17)24-10-11-25-19/h3-5,12,17H,2,6-11,13-14H2,1H3,(H,21,23). The lowest BCUT2D eigenvalue weighted by atomic mass is 9.90. The predicted molar refractivity (Wildman–Crippen MR) is 97.4 cm³/mol. The van der Waals surface area contributed by atoms with Crippen LogP contribution in [0, 0.1) is 0 Å². The lowest BCUT2D eigenvalue weighted by Crippen LogP contribution is -2.46. The van der Waals surface area contributed by atoms with Crippen LogP contribution in [0.1, 0.15) is 38.2 Å². The van der Waals surface area contributed by atoms with E-state index in [1.54, 1.807) is 0 Å². The van der Waals surface area contributed by atoms with Crippen LogP contribution in [0.5, 0.6) is 0 Å². The van der Waals surface area contributed by atoms with Gasteiger partial charge in [0.05, 0.1) is 19.8 Å². The molecule has 0 aromatic heterocycles. The number of benzene rings is 1. The summed E-state index contributed by atoms with van der Waals surface area (Å²) in [5.41, 5.74) is 1.12. The summed E-state index contributed by atoms with van der Waals surface area (Å²) >= 11 is 6.04. The molecule has 1 spiro atoms. The van der Waals surface area contributed by atoms with Crippen LogP contribution in [-0.4, -0.2) is 48.9 Å². The van der Waals surface area contributed by atoms with Gasteiger partial charge in [-0.1, -0.05) is 30.7 Å². The fourth-order valence-corrected chi connectivity index (χ4v) is 3.85. The zero-order valence-corrected chi connectivity index (χ0v) is 15.6. The van der Waals surface area contributed by atoms with Crippen molar-refractivity contribution in [3.63, 3.8) is 0 Å². The number of hydrogen-bond acceptors (Lipinski definition) is 4. The van der Waals surface area contributed by atoms with E-state index in [9.17, 15) is 4.79 Å². The lowest BCUT2D eigenvalue weighted by Gasteiger charge is -2.35. The van der Waals surface area contributed by atoms with Crippen molar-refractivity contribution >= 4 is 17.5 Å². The van der Waals surface area contributed by atoms with Gasteiger partial charge in [-0.25, -0.2) is 0 Å². The molecule has 0 radical (unpaired) electrons. The first kappa shape index (κ1) is 18.6. The predicted octanol–water partition coefficient (Wildman–Crippen LogP) is 2.96. The van der Waals surface area contributed by atoms with Crippen molar-refractivity contribution in [1.29, 1.82) is 0 Å². The van der Waals surface area contributed by atoms with Crippen LogP contribution in [0.3, 0.4) is 0 Å². The van der Waals surface area contributed by atoms with Crippen LogP contribution in [-0.2, 0) is 20.8 Å². The highest BCUT2D eigenvalue weighted by Crippen LogP contribution is 2.35. The van der Waals surface area contributed by atoms with Crippen LogP contribution in [0.4, 0.5) is 0 Å². The lowest BCUT2D eigenvalue weighted by molar-refractivity contribution is -0.180. The third kappa shape index (κ3) is 5.17. The molecular weight excluding hydrogens is 340 g/mol. The van der Waals surface area contributed by atoms with Crippen LogP contribution in [0.15, 0.2) is 24.3 Å². The third-order valence-electron chi connectivity index (χ3n) is 5.04. The average molecular weight is 367 g/mol. The highest BCUT2D eigenvalue weighted by molar-refractivity contribution is 6.30. The molecule has 1 amide bonds. The number of likely N-dealkylation sites (N-methyl/N-ethyl adjacent to an activating group) is 1. The van der Waals surface area contributed by atoms with E-state index in [4.69, 9.17) is 21.1 Å². The van der Waals surface area contributed by atoms with Gasteiger partial charge < -0.3 is 14.8 Å². The number of hydrogen-bond donors (Lipinski definition) is 1. The molecule has 1 N–H and O–H groups in total. The zero-order valence-electron chi connectivity index (χ0n) is 14.8. The summed E-state index contributed by atoms with van der Waals surface area (Å²) in [5, 5.41) is 3.90. The first-order chi connectivity index (χ1) is 12.1. The van der Waals surface area contributed by atoms with Gasteiger partial charge in [-0.15, -0.1) is 0 Å². The molecule has 1 heterocycles. The first-order valence-corrected chi connectivity index (χ1v) is 9.50. The van der Waals surface area contributed by atoms with Gasteiger partial charge in [0.1, 0.15) is 0 Å². The minimum atomic E-state index is -0.372. The van der Waals surface area contributed by atoms with E-state index < -0.39 is 0 Å². The molecule has 2 aliphatic rings. The second-order valence-electron chi connectivity index (χ2n) is 6.88. The normalized spacial score (nSPS) is 20.3. The van der Waals surface area contributed by atoms with Crippen LogP contribution in [0.2, 0.25) is 5.02 Å². The van der Waals surface area contributed by atoms with Gasteiger partial charge in [0, 0.05) is 30.5 Å². The number of nitrogens with zero attached hydrogens (tertiary/aromatic N) is 1. The molecule has 6 heteroatoms. The summed E-state index contributed by atoms with van der Waals surface area (Å²) in [4.78, 5) is 14.5. The minimum absolute atomic E-state index is 0.0816. The Labute approximate surface area is 154 Å². The zero-order chi connectivity index (χ0) is 17.7. The molecule has 5 nitrogen and oxygen atoms in total. The van der Waals surface area contributed by atoms with Crippen molar-refractivity contribution < 1.29 is 14.3 Å². The van der Waals surface area contributed by atoms with Gasteiger partial charge in [0.25, 0.3) is 0 Å². The van der Waals surface area contributed by atoms with E-state index >= 15 is 0 Å². The number of carbonyl (C=O) groups excluding carboxylic acids is 1. The van der Waals surface area contributed by atoms with Crippen molar-refractivity contribution in [2.45, 2.75) is 51.0 Å². The van der Waals surface area contributed by atoms with Crippen LogP contribution < -0.4 is 5.32 Å². The van der Waals surface area contributed by atoms with Crippen molar-refractivity contribution in [1.82, 2.24) is 10.2 Å².